The number of hydrogen-bond donors (Lipinski definition) is 1. The Balaban J connectivity index is 2.28. The van der Waals surface area contributed by atoms with Gasteiger partial charge in [-0.25, -0.2) is 0 Å². The first kappa shape index (κ1) is 16.5. The third-order valence-electron chi connectivity index (χ3n) is 4.81. The highest BCUT2D eigenvalue weighted by Crippen LogP contribution is 2.34. The third kappa shape index (κ3) is 3.88. The first-order valence-corrected chi connectivity index (χ1v) is 8.89. The van der Waals surface area contributed by atoms with Gasteiger partial charge in [-0.3, -0.25) is 4.68 Å². The first-order chi connectivity index (χ1) is 10.1. The molecule has 2 rings (SSSR count). The lowest BCUT2D eigenvalue weighted by Crippen LogP contribution is -2.23. The van der Waals surface area contributed by atoms with Gasteiger partial charge in [-0.2, -0.15) is 5.10 Å². The van der Waals surface area contributed by atoms with Crippen molar-refractivity contribution < 1.29 is 0 Å². The van der Waals surface area contributed by atoms with Crippen molar-refractivity contribution in [3.05, 3.63) is 17.0 Å². The summed E-state index contributed by atoms with van der Waals surface area (Å²) in [5.74, 6) is 0.847. The maximum absolute atomic E-state index is 5.01. The lowest BCUT2D eigenvalue weighted by atomic mass is 9.87. The molecule has 3 heteroatoms. The monoisotopic (exact) mass is 291 g/mol. The fraction of sp³-hybridized carbons (Fsp3) is 0.833. The van der Waals surface area contributed by atoms with Gasteiger partial charge in [0, 0.05) is 23.8 Å². The summed E-state index contributed by atoms with van der Waals surface area (Å²) in [6.45, 7) is 12.3. The molecule has 0 bridgehead atoms. The molecule has 1 aromatic rings. The van der Waals surface area contributed by atoms with Crippen molar-refractivity contribution in [3.8, 4) is 0 Å². The molecule has 1 heterocycles. The molecule has 0 radical (unpaired) electrons. The van der Waals surface area contributed by atoms with Gasteiger partial charge < -0.3 is 5.32 Å². The molecule has 1 aliphatic carbocycles. The summed E-state index contributed by atoms with van der Waals surface area (Å²) < 4.78 is 2.39. The SMILES string of the molecule is CCc1nn(C2CCCC(C)C2)c(CC)c1CNC(C)C. The molecule has 0 spiro atoms. The number of aryl methyl sites for hydroxylation is 1. The second-order valence-electron chi connectivity index (χ2n) is 6.98. The predicted molar refractivity (Wildman–Crippen MR) is 89.6 cm³/mol. The molecule has 0 saturated heterocycles. The van der Waals surface area contributed by atoms with E-state index in [1.807, 2.05) is 0 Å². The maximum atomic E-state index is 5.01. The molecule has 120 valence electrons. The van der Waals surface area contributed by atoms with E-state index in [-0.39, 0.29) is 0 Å². The maximum Gasteiger partial charge on any atom is 0.0669 e. The minimum absolute atomic E-state index is 0.525. The number of aromatic nitrogens is 2. The van der Waals surface area contributed by atoms with E-state index >= 15 is 0 Å². The molecule has 2 unspecified atom stereocenters. The summed E-state index contributed by atoms with van der Waals surface area (Å²) in [4.78, 5) is 0. The Hall–Kier alpha value is -0.830. The average Bonchev–Trinajstić information content (AvgIpc) is 2.82. The molecule has 21 heavy (non-hydrogen) atoms. The summed E-state index contributed by atoms with van der Waals surface area (Å²) in [6, 6.07) is 1.15. The Kier molecular flexibility index (Phi) is 5.86. The fourth-order valence-electron chi connectivity index (χ4n) is 3.65. The van der Waals surface area contributed by atoms with E-state index in [1.54, 1.807) is 0 Å². The van der Waals surface area contributed by atoms with E-state index in [2.05, 4.69) is 44.6 Å². The van der Waals surface area contributed by atoms with Crippen molar-refractivity contribution in [3.63, 3.8) is 0 Å². The highest BCUT2D eigenvalue weighted by Gasteiger charge is 2.25. The smallest absolute Gasteiger partial charge is 0.0669 e. The van der Waals surface area contributed by atoms with Crippen LogP contribution < -0.4 is 5.32 Å². The average molecular weight is 291 g/mol. The van der Waals surface area contributed by atoms with Gasteiger partial charge in [0.15, 0.2) is 0 Å². The van der Waals surface area contributed by atoms with Gasteiger partial charge in [-0.15, -0.1) is 0 Å². The highest BCUT2D eigenvalue weighted by atomic mass is 15.3. The minimum atomic E-state index is 0.525. The number of nitrogens with zero attached hydrogens (tertiary/aromatic N) is 2. The molecule has 2 atom stereocenters. The summed E-state index contributed by atoms with van der Waals surface area (Å²) in [5.41, 5.74) is 4.24. The summed E-state index contributed by atoms with van der Waals surface area (Å²) in [7, 11) is 0. The Labute approximate surface area is 130 Å². The van der Waals surface area contributed by atoms with Gasteiger partial charge >= 0.3 is 0 Å². The molecular weight excluding hydrogens is 258 g/mol. The van der Waals surface area contributed by atoms with Crippen LogP contribution in [-0.4, -0.2) is 15.8 Å². The molecular formula is C18H33N3. The highest BCUT2D eigenvalue weighted by molar-refractivity contribution is 5.27. The van der Waals surface area contributed by atoms with Crippen molar-refractivity contribution in [2.24, 2.45) is 5.92 Å². The standard InChI is InChI=1S/C18H33N3/c1-6-17-16(12-19-13(3)4)18(7-2)21(20-17)15-10-8-9-14(5)11-15/h13-15,19H,6-12H2,1-5H3. The Morgan fingerprint density at radius 2 is 2.00 bits per heavy atom. The third-order valence-corrected chi connectivity index (χ3v) is 4.81. The number of hydrogen-bond acceptors (Lipinski definition) is 2. The van der Waals surface area contributed by atoms with Crippen LogP contribution in [0, 0.1) is 5.92 Å². The van der Waals surface area contributed by atoms with Crippen molar-refractivity contribution in [1.82, 2.24) is 15.1 Å². The van der Waals surface area contributed by atoms with Crippen LogP contribution in [0.4, 0.5) is 0 Å². The lowest BCUT2D eigenvalue weighted by Gasteiger charge is -2.28. The van der Waals surface area contributed by atoms with Gasteiger partial charge in [-0.1, -0.05) is 47.5 Å². The molecule has 1 aromatic heterocycles. The number of rotatable bonds is 6. The van der Waals surface area contributed by atoms with Crippen LogP contribution in [0.3, 0.4) is 0 Å². The van der Waals surface area contributed by atoms with Crippen molar-refractivity contribution >= 4 is 0 Å². The molecule has 0 amide bonds. The minimum Gasteiger partial charge on any atom is -0.310 e. The van der Waals surface area contributed by atoms with Crippen molar-refractivity contribution in [2.75, 3.05) is 0 Å². The van der Waals surface area contributed by atoms with E-state index in [0.717, 1.165) is 25.3 Å². The molecule has 1 fully saturated rings. The fourth-order valence-corrected chi connectivity index (χ4v) is 3.65. The summed E-state index contributed by atoms with van der Waals surface area (Å²) >= 11 is 0. The van der Waals surface area contributed by atoms with Gasteiger partial charge in [0.25, 0.3) is 0 Å². The second kappa shape index (κ2) is 7.44. The topological polar surface area (TPSA) is 29.9 Å². The van der Waals surface area contributed by atoms with Gasteiger partial charge in [-0.05, 0) is 31.6 Å². The first-order valence-electron chi connectivity index (χ1n) is 8.89. The normalized spacial score (nSPS) is 23.0. The second-order valence-corrected chi connectivity index (χ2v) is 6.98. The molecule has 1 saturated carbocycles. The van der Waals surface area contributed by atoms with Crippen LogP contribution in [0.25, 0.3) is 0 Å². The van der Waals surface area contributed by atoms with Crippen LogP contribution in [0.2, 0.25) is 0 Å². The van der Waals surface area contributed by atoms with Crippen LogP contribution in [0.15, 0.2) is 0 Å². The Morgan fingerprint density at radius 3 is 2.57 bits per heavy atom. The van der Waals surface area contributed by atoms with E-state index < -0.39 is 0 Å². The summed E-state index contributed by atoms with van der Waals surface area (Å²) in [6.07, 6.45) is 7.48. The predicted octanol–water partition coefficient (Wildman–Crippen LogP) is 4.26. The molecule has 0 aromatic carbocycles. The van der Waals surface area contributed by atoms with Crippen LogP contribution in [0.5, 0.6) is 0 Å². The largest absolute Gasteiger partial charge is 0.310 e. The van der Waals surface area contributed by atoms with E-state index in [4.69, 9.17) is 5.10 Å². The van der Waals surface area contributed by atoms with Crippen molar-refractivity contribution in [1.29, 1.82) is 0 Å². The molecule has 3 nitrogen and oxygen atoms in total. The van der Waals surface area contributed by atoms with Crippen LogP contribution in [-0.2, 0) is 19.4 Å². The zero-order valence-electron chi connectivity index (χ0n) is 14.6. The van der Waals surface area contributed by atoms with Gasteiger partial charge in [0.1, 0.15) is 0 Å². The Morgan fingerprint density at radius 1 is 1.24 bits per heavy atom. The zero-order valence-corrected chi connectivity index (χ0v) is 14.6. The summed E-state index contributed by atoms with van der Waals surface area (Å²) in [5, 5.41) is 8.60. The van der Waals surface area contributed by atoms with Gasteiger partial charge in [0.2, 0.25) is 0 Å². The molecule has 1 N–H and O–H groups in total. The molecule has 1 aliphatic rings. The number of nitrogens with one attached hydrogen (secondary N) is 1. The van der Waals surface area contributed by atoms with E-state index in [9.17, 15) is 0 Å². The Bertz CT molecular complexity index is 448. The quantitative estimate of drug-likeness (QED) is 0.849. The van der Waals surface area contributed by atoms with E-state index in [1.165, 1.54) is 42.6 Å². The van der Waals surface area contributed by atoms with Gasteiger partial charge in [0.05, 0.1) is 11.7 Å². The molecule has 0 aliphatic heterocycles. The van der Waals surface area contributed by atoms with Crippen LogP contribution in [0.1, 0.15) is 83.3 Å². The van der Waals surface area contributed by atoms with Crippen molar-refractivity contribution in [2.45, 2.75) is 91.8 Å². The zero-order chi connectivity index (χ0) is 15.4. The van der Waals surface area contributed by atoms with E-state index in [0.29, 0.717) is 12.1 Å². The lowest BCUT2D eigenvalue weighted by molar-refractivity contribution is 0.261. The van der Waals surface area contributed by atoms with Crippen LogP contribution >= 0.6 is 0 Å².